The van der Waals surface area contributed by atoms with Crippen LogP contribution in [0.5, 0.6) is 0 Å². The van der Waals surface area contributed by atoms with Gasteiger partial charge in [0.25, 0.3) is 0 Å². The molecule has 0 N–H and O–H groups in total. The van der Waals surface area contributed by atoms with Crippen molar-refractivity contribution in [2.45, 2.75) is 129 Å². The van der Waals surface area contributed by atoms with Crippen LogP contribution in [0.2, 0.25) is 0 Å². The maximum Gasteiger partial charge on any atom is -0.0227 e. The molecule has 214 valence electrons. The normalized spacial score (nSPS) is 64.3. The molecule has 18 atom stereocenters. The number of hydrogen-bond donors (Lipinski definition) is 0. The molecule has 5 rings (SSSR count). The first-order chi connectivity index (χ1) is 17.1. The van der Waals surface area contributed by atoms with E-state index < -0.39 is 0 Å². The first-order valence-electron chi connectivity index (χ1n) is 17.1. The van der Waals surface area contributed by atoms with Crippen molar-refractivity contribution in [3.63, 3.8) is 0 Å². The molecule has 0 heterocycles. The topological polar surface area (TPSA) is 0 Å². The lowest BCUT2D eigenvalue weighted by atomic mass is 9.21. The van der Waals surface area contributed by atoms with Crippen molar-refractivity contribution in [1.29, 1.82) is 0 Å². The molecule has 5 aliphatic rings. The number of fused-ring (bicyclic) bond motifs is 10. The molecule has 0 aromatic rings. The summed E-state index contributed by atoms with van der Waals surface area (Å²) in [4.78, 5) is 0. The standard InChI is InChI=1S/C37H66/c1-20-17-30-19-35(11,18-20)27(8)25(6)23(4)26(7)29(10)37(13)33(30)32-31-16-14-15-21(2)22(3)24(5)28(9)36(31,12)34(32)37/h20-34H,14-19H2,1-13H3. The first kappa shape index (κ1) is 28.5. The third-order valence-electron chi connectivity index (χ3n) is 16.9. The van der Waals surface area contributed by atoms with Crippen LogP contribution in [-0.2, 0) is 0 Å². The smallest absolute Gasteiger partial charge is 0.0227 e. The Kier molecular flexibility index (Phi) is 7.14. The van der Waals surface area contributed by atoms with Gasteiger partial charge in [-0.15, -0.1) is 0 Å². The Balaban J connectivity index is 1.60. The lowest BCUT2D eigenvalue weighted by Crippen LogP contribution is -2.79. The molecule has 0 aliphatic heterocycles. The molecular formula is C37H66. The van der Waals surface area contributed by atoms with Crippen LogP contribution in [0.1, 0.15) is 129 Å². The Labute approximate surface area is 233 Å². The number of rotatable bonds is 0. The highest BCUT2D eigenvalue weighted by Gasteiger charge is 2.79. The fraction of sp³-hybridized carbons (Fsp3) is 1.00. The Morgan fingerprint density at radius 2 is 1.14 bits per heavy atom. The molecule has 5 aliphatic carbocycles. The van der Waals surface area contributed by atoms with Crippen LogP contribution in [-0.4, -0.2) is 0 Å². The van der Waals surface area contributed by atoms with Gasteiger partial charge in [-0.2, -0.15) is 0 Å². The van der Waals surface area contributed by atoms with Crippen LogP contribution in [0.15, 0.2) is 0 Å². The molecule has 0 spiro atoms. The highest BCUT2D eigenvalue weighted by Crippen LogP contribution is 2.84. The Bertz CT molecular complexity index is 843. The van der Waals surface area contributed by atoms with Gasteiger partial charge >= 0.3 is 0 Å². The van der Waals surface area contributed by atoms with E-state index in [2.05, 4.69) is 90.0 Å². The molecule has 0 radical (unpaired) electrons. The van der Waals surface area contributed by atoms with E-state index in [4.69, 9.17) is 0 Å². The molecule has 0 saturated heterocycles. The zero-order valence-corrected chi connectivity index (χ0v) is 27.4. The monoisotopic (exact) mass is 511 g/mol. The van der Waals surface area contributed by atoms with Crippen molar-refractivity contribution in [2.75, 3.05) is 0 Å². The summed E-state index contributed by atoms with van der Waals surface area (Å²) in [6.45, 7) is 34.9. The van der Waals surface area contributed by atoms with Crippen molar-refractivity contribution >= 4 is 0 Å². The average molecular weight is 511 g/mol. The minimum atomic E-state index is 0.517. The molecule has 0 aromatic carbocycles. The van der Waals surface area contributed by atoms with Crippen molar-refractivity contribution in [3.05, 3.63) is 0 Å². The molecule has 0 aromatic heterocycles. The zero-order valence-electron chi connectivity index (χ0n) is 27.4. The van der Waals surface area contributed by atoms with Gasteiger partial charge in [-0.3, -0.25) is 0 Å². The summed E-state index contributed by atoms with van der Waals surface area (Å²) in [5, 5.41) is 0. The predicted molar refractivity (Wildman–Crippen MR) is 161 cm³/mol. The van der Waals surface area contributed by atoms with Crippen LogP contribution in [0, 0.1) is 105 Å². The molecule has 0 nitrogen and oxygen atoms in total. The van der Waals surface area contributed by atoms with Crippen molar-refractivity contribution in [2.24, 2.45) is 105 Å². The van der Waals surface area contributed by atoms with Crippen LogP contribution in [0.3, 0.4) is 0 Å². The van der Waals surface area contributed by atoms with Gasteiger partial charge in [-0.1, -0.05) is 103 Å². The van der Waals surface area contributed by atoms with Crippen LogP contribution in [0.4, 0.5) is 0 Å². The molecular weight excluding hydrogens is 444 g/mol. The van der Waals surface area contributed by atoms with Crippen LogP contribution in [0.25, 0.3) is 0 Å². The molecule has 2 bridgehead atoms. The second-order valence-corrected chi connectivity index (χ2v) is 17.7. The molecule has 18 unspecified atom stereocenters. The lowest BCUT2D eigenvalue weighted by molar-refractivity contribution is -0.363. The fourth-order valence-corrected chi connectivity index (χ4v) is 13.6. The predicted octanol–water partition coefficient (Wildman–Crippen LogP) is 10.9. The van der Waals surface area contributed by atoms with E-state index in [1.165, 1.54) is 38.5 Å². The summed E-state index contributed by atoms with van der Waals surface area (Å²) < 4.78 is 0. The van der Waals surface area contributed by atoms with E-state index in [-0.39, 0.29) is 0 Å². The first-order valence-corrected chi connectivity index (χ1v) is 17.1. The maximum atomic E-state index is 2.86. The summed E-state index contributed by atoms with van der Waals surface area (Å²) >= 11 is 0. The summed E-state index contributed by atoms with van der Waals surface area (Å²) in [5.41, 5.74) is 1.58. The van der Waals surface area contributed by atoms with E-state index >= 15 is 0 Å². The van der Waals surface area contributed by atoms with Crippen LogP contribution < -0.4 is 0 Å². The fourth-order valence-electron chi connectivity index (χ4n) is 13.6. The van der Waals surface area contributed by atoms with E-state index in [9.17, 15) is 0 Å². The van der Waals surface area contributed by atoms with Gasteiger partial charge < -0.3 is 0 Å². The van der Waals surface area contributed by atoms with Crippen LogP contribution >= 0.6 is 0 Å². The second-order valence-electron chi connectivity index (χ2n) is 17.7. The molecule has 0 amide bonds. The second kappa shape index (κ2) is 9.26. The van der Waals surface area contributed by atoms with E-state index in [1.807, 2.05) is 0 Å². The van der Waals surface area contributed by atoms with E-state index in [0.717, 1.165) is 88.8 Å². The highest BCUT2D eigenvalue weighted by atomic mass is 14.8. The van der Waals surface area contributed by atoms with E-state index in [1.54, 1.807) is 0 Å². The van der Waals surface area contributed by atoms with Crippen molar-refractivity contribution in [1.82, 2.24) is 0 Å². The van der Waals surface area contributed by atoms with Gasteiger partial charge in [0, 0.05) is 0 Å². The van der Waals surface area contributed by atoms with Gasteiger partial charge in [-0.25, -0.2) is 0 Å². The summed E-state index contributed by atoms with van der Waals surface area (Å²) in [5.74, 6) is 13.3. The third kappa shape index (κ3) is 3.70. The quantitative estimate of drug-likeness (QED) is 0.304. The summed E-state index contributed by atoms with van der Waals surface area (Å²) in [6, 6.07) is 0. The van der Waals surface area contributed by atoms with Crippen molar-refractivity contribution < 1.29 is 0 Å². The Morgan fingerprint density at radius 1 is 0.568 bits per heavy atom. The largest absolute Gasteiger partial charge is 0.0625 e. The zero-order chi connectivity index (χ0) is 27.4. The summed E-state index contributed by atoms with van der Waals surface area (Å²) in [7, 11) is 0. The minimum Gasteiger partial charge on any atom is -0.0625 e. The lowest BCUT2D eigenvalue weighted by Gasteiger charge is -2.83. The van der Waals surface area contributed by atoms with E-state index in [0.29, 0.717) is 16.2 Å². The minimum absolute atomic E-state index is 0.517. The Morgan fingerprint density at radius 3 is 1.78 bits per heavy atom. The van der Waals surface area contributed by atoms with Gasteiger partial charge in [0.15, 0.2) is 0 Å². The maximum absolute atomic E-state index is 2.86. The summed E-state index contributed by atoms with van der Waals surface area (Å²) in [6.07, 6.45) is 8.96. The molecule has 5 saturated carbocycles. The molecule has 37 heavy (non-hydrogen) atoms. The SMILES string of the molecule is CC1CC2CC(C)(C1)C(C)C(C)C(C)C(C)C(C)C1(C)C2C2C3CCCC(C)C(C)C(C)C(C)C3(C)C21. The van der Waals surface area contributed by atoms with Gasteiger partial charge in [0.1, 0.15) is 0 Å². The van der Waals surface area contributed by atoms with Gasteiger partial charge in [0.05, 0.1) is 0 Å². The van der Waals surface area contributed by atoms with Gasteiger partial charge in [0.2, 0.25) is 0 Å². The molecule has 0 heteroatoms. The average Bonchev–Trinajstić information content (AvgIpc) is 2.85. The van der Waals surface area contributed by atoms with Crippen molar-refractivity contribution in [3.8, 4) is 0 Å². The third-order valence-corrected chi connectivity index (χ3v) is 16.9. The number of hydrogen-bond acceptors (Lipinski definition) is 0. The highest BCUT2D eigenvalue weighted by molar-refractivity contribution is 5.26. The Hall–Kier alpha value is 0. The van der Waals surface area contributed by atoms with Gasteiger partial charge in [-0.05, 0) is 131 Å². The molecule has 5 fully saturated rings.